The van der Waals surface area contributed by atoms with Gasteiger partial charge in [-0.05, 0) is 55.2 Å². The molecule has 0 aliphatic heterocycles. The number of carbonyl (C=O) groups excluding carboxylic acids is 2. The molecule has 1 N–H and O–H groups in total. The van der Waals surface area contributed by atoms with Gasteiger partial charge in [-0.15, -0.1) is 0 Å². The first-order valence-electron chi connectivity index (χ1n) is 13.7. The summed E-state index contributed by atoms with van der Waals surface area (Å²) < 4.78 is 53.3. The molecule has 3 rings (SSSR count). The van der Waals surface area contributed by atoms with Gasteiger partial charge in [0.2, 0.25) is 21.8 Å². The van der Waals surface area contributed by atoms with Crippen molar-refractivity contribution < 1.29 is 26.8 Å². The number of nitrogens with zero attached hydrogens (tertiary/aromatic N) is 2. The first-order chi connectivity index (χ1) is 19.9. The lowest BCUT2D eigenvalue weighted by Crippen LogP contribution is -2.52. The Morgan fingerprint density at radius 1 is 0.952 bits per heavy atom. The zero-order valence-electron chi connectivity index (χ0n) is 23.9. The van der Waals surface area contributed by atoms with Crippen LogP contribution < -0.4 is 9.62 Å². The molecule has 7 nitrogen and oxygen atoms in total. The molecule has 0 fully saturated rings. The van der Waals surface area contributed by atoms with Crippen molar-refractivity contribution in [2.45, 2.75) is 58.2 Å². The molecule has 0 saturated carbocycles. The second kappa shape index (κ2) is 15.1. The molecule has 3 aromatic carbocycles. The summed E-state index contributed by atoms with van der Waals surface area (Å²) in [6.07, 6.45) is 1.90. The zero-order valence-corrected chi connectivity index (χ0v) is 25.5. The van der Waals surface area contributed by atoms with Crippen molar-refractivity contribution >= 4 is 39.1 Å². The molecule has 0 heterocycles. The van der Waals surface area contributed by atoms with Crippen LogP contribution in [-0.2, 0) is 32.6 Å². The topological polar surface area (TPSA) is 86.8 Å². The first kappa shape index (κ1) is 33.0. The number of benzene rings is 3. The lowest BCUT2D eigenvalue weighted by atomic mass is 10.0. The molecule has 3 aromatic rings. The molecule has 11 heteroatoms. The summed E-state index contributed by atoms with van der Waals surface area (Å²) in [5.41, 5.74) is 1.55. The minimum Gasteiger partial charge on any atom is -0.352 e. The minimum absolute atomic E-state index is 0.0467. The van der Waals surface area contributed by atoms with Crippen molar-refractivity contribution in [1.82, 2.24) is 10.2 Å². The highest BCUT2D eigenvalue weighted by atomic mass is 35.5. The highest BCUT2D eigenvalue weighted by Gasteiger charge is 2.31. The minimum atomic E-state index is -3.87. The van der Waals surface area contributed by atoms with E-state index >= 15 is 0 Å². The van der Waals surface area contributed by atoms with Gasteiger partial charge in [-0.3, -0.25) is 13.9 Å². The van der Waals surface area contributed by atoms with Crippen LogP contribution in [0, 0.1) is 11.6 Å². The Hall–Kier alpha value is -3.50. The second-order valence-electron chi connectivity index (χ2n) is 10.2. The largest absolute Gasteiger partial charge is 0.352 e. The molecule has 42 heavy (non-hydrogen) atoms. The highest BCUT2D eigenvalue weighted by Crippen LogP contribution is 2.23. The number of rotatable bonds is 14. The summed E-state index contributed by atoms with van der Waals surface area (Å²) >= 11 is 6.21. The van der Waals surface area contributed by atoms with Crippen LogP contribution in [0.25, 0.3) is 0 Å². The SMILES string of the molecule is CC[C@@H](C)NC(=O)[C@@H](Cc1ccccc1)N(Cc1cccc(Cl)c1)C(=O)CCCN(c1ccc(F)c(F)c1)S(C)(=O)=O. The maximum atomic E-state index is 13.9. The number of sulfonamides is 1. The third-order valence-electron chi connectivity index (χ3n) is 6.86. The Kier molecular flexibility index (Phi) is 11.9. The molecule has 0 spiro atoms. The molecule has 0 unspecified atom stereocenters. The Morgan fingerprint density at radius 3 is 2.26 bits per heavy atom. The van der Waals surface area contributed by atoms with E-state index in [-0.39, 0.29) is 55.9 Å². The summed E-state index contributed by atoms with van der Waals surface area (Å²) in [4.78, 5) is 28.9. The quantitative estimate of drug-likeness (QED) is 0.250. The molecule has 226 valence electrons. The van der Waals surface area contributed by atoms with Gasteiger partial charge in [0.05, 0.1) is 11.9 Å². The summed E-state index contributed by atoms with van der Waals surface area (Å²) in [5.74, 6) is -2.95. The van der Waals surface area contributed by atoms with Crippen molar-refractivity contribution in [3.05, 3.63) is 101 Å². The summed E-state index contributed by atoms with van der Waals surface area (Å²) in [7, 11) is -3.87. The Balaban J connectivity index is 1.90. The van der Waals surface area contributed by atoms with E-state index in [0.29, 0.717) is 11.4 Å². The van der Waals surface area contributed by atoms with Crippen LogP contribution in [0.15, 0.2) is 72.8 Å². The average Bonchev–Trinajstić information content (AvgIpc) is 2.94. The van der Waals surface area contributed by atoms with E-state index in [4.69, 9.17) is 11.6 Å². The third-order valence-corrected chi connectivity index (χ3v) is 8.29. The third kappa shape index (κ3) is 9.52. The standard InChI is InChI=1S/C31H36ClF2N3O4S/c1-4-22(2)35-31(39)29(19-23-10-6-5-7-11-23)36(21-24-12-8-13-25(32)18-24)30(38)14-9-17-37(42(3,40)41)26-15-16-27(33)28(34)20-26/h5-8,10-13,15-16,18,20,22,29H,4,9,14,17,19,21H2,1-3H3,(H,35,39)/t22-,29-/m1/s1. The fourth-order valence-electron chi connectivity index (χ4n) is 4.47. The number of amides is 2. The molecule has 0 aliphatic rings. The molecule has 2 amide bonds. The van der Waals surface area contributed by atoms with Gasteiger partial charge >= 0.3 is 0 Å². The molecule has 2 atom stereocenters. The van der Waals surface area contributed by atoms with Gasteiger partial charge < -0.3 is 10.2 Å². The number of nitrogens with one attached hydrogen (secondary N) is 1. The normalized spacial score (nSPS) is 12.8. The molecule has 0 radical (unpaired) electrons. The lowest BCUT2D eigenvalue weighted by molar-refractivity contribution is -0.141. The molecular weight excluding hydrogens is 584 g/mol. The molecule has 0 bridgehead atoms. The number of hydrogen-bond donors (Lipinski definition) is 1. The van der Waals surface area contributed by atoms with Gasteiger partial charge in [0.15, 0.2) is 11.6 Å². The predicted octanol–water partition coefficient (Wildman–Crippen LogP) is 5.72. The molecule has 0 aliphatic carbocycles. The average molecular weight is 620 g/mol. The molecule has 0 saturated heterocycles. The summed E-state index contributed by atoms with van der Waals surface area (Å²) in [6.45, 7) is 3.79. The maximum absolute atomic E-state index is 13.9. The van der Waals surface area contributed by atoms with Crippen LogP contribution in [0.4, 0.5) is 14.5 Å². The first-order valence-corrected chi connectivity index (χ1v) is 15.9. The maximum Gasteiger partial charge on any atom is 0.243 e. The van der Waals surface area contributed by atoms with Gasteiger partial charge in [-0.25, -0.2) is 17.2 Å². The van der Waals surface area contributed by atoms with E-state index in [1.165, 1.54) is 11.0 Å². The van der Waals surface area contributed by atoms with Crippen LogP contribution in [0.5, 0.6) is 0 Å². The Morgan fingerprint density at radius 2 is 1.64 bits per heavy atom. The van der Waals surface area contributed by atoms with E-state index in [1.54, 1.807) is 18.2 Å². The zero-order chi connectivity index (χ0) is 30.9. The Labute approximate surface area is 251 Å². The van der Waals surface area contributed by atoms with Gasteiger partial charge in [-0.1, -0.05) is 61.0 Å². The summed E-state index contributed by atoms with van der Waals surface area (Å²) in [6, 6.07) is 18.2. The molecule has 0 aromatic heterocycles. The number of carbonyl (C=O) groups is 2. The van der Waals surface area contributed by atoms with Crippen LogP contribution in [0.2, 0.25) is 5.02 Å². The number of halogens is 3. The van der Waals surface area contributed by atoms with Gasteiger partial charge in [-0.2, -0.15) is 0 Å². The van der Waals surface area contributed by atoms with Crippen LogP contribution in [-0.4, -0.2) is 50.0 Å². The Bertz CT molecular complexity index is 1470. The van der Waals surface area contributed by atoms with Crippen LogP contribution in [0.1, 0.15) is 44.2 Å². The number of anilines is 1. The lowest BCUT2D eigenvalue weighted by Gasteiger charge is -2.32. The van der Waals surface area contributed by atoms with Crippen molar-refractivity contribution in [2.75, 3.05) is 17.1 Å². The van der Waals surface area contributed by atoms with E-state index in [9.17, 15) is 26.8 Å². The van der Waals surface area contributed by atoms with Crippen LogP contribution in [0.3, 0.4) is 0 Å². The van der Waals surface area contributed by atoms with E-state index in [1.807, 2.05) is 50.2 Å². The van der Waals surface area contributed by atoms with Crippen LogP contribution >= 0.6 is 11.6 Å². The summed E-state index contributed by atoms with van der Waals surface area (Å²) in [5, 5.41) is 3.48. The van der Waals surface area contributed by atoms with E-state index in [0.717, 1.165) is 33.8 Å². The highest BCUT2D eigenvalue weighted by molar-refractivity contribution is 7.92. The van der Waals surface area contributed by atoms with Crippen molar-refractivity contribution in [3.8, 4) is 0 Å². The van der Waals surface area contributed by atoms with Crippen molar-refractivity contribution in [3.63, 3.8) is 0 Å². The van der Waals surface area contributed by atoms with E-state index in [2.05, 4.69) is 5.32 Å². The van der Waals surface area contributed by atoms with Gasteiger partial charge in [0, 0.05) is 43.1 Å². The van der Waals surface area contributed by atoms with Gasteiger partial charge in [0.25, 0.3) is 0 Å². The predicted molar refractivity (Wildman–Crippen MR) is 162 cm³/mol. The second-order valence-corrected chi connectivity index (χ2v) is 12.6. The van der Waals surface area contributed by atoms with E-state index < -0.39 is 27.7 Å². The monoisotopic (exact) mass is 619 g/mol. The number of hydrogen-bond acceptors (Lipinski definition) is 4. The smallest absolute Gasteiger partial charge is 0.243 e. The molecular formula is C31H36ClF2N3O4S. The van der Waals surface area contributed by atoms with Gasteiger partial charge in [0.1, 0.15) is 6.04 Å². The fourth-order valence-corrected chi connectivity index (χ4v) is 5.64. The van der Waals surface area contributed by atoms with Crippen molar-refractivity contribution in [2.24, 2.45) is 0 Å². The fraction of sp³-hybridized carbons (Fsp3) is 0.355. The van der Waals surface area contributed by atoms with Crippen molar-refractivity contribution in [1.29, 1.82) is 0 Å².